The van der Waals surface area contributed by atoms with Crippen LogP contribution in [0.1, 0.15) is 22.4 Å². The highest BCUT2D eigenvalue weighted by atomic mass is 32.2. The molecule has 1 aromatic carbocycles. The molecule has 0 aliphatic heterocycles. The van der Waals surface area contributed by atoms with Gasteiger partial charge < -0.3 is 5.32 Å². The predicted molar refractivity (Wildman–Crippen MR) is 107 cm³/mol. The Hall–Kier alpha value is -2.19. The van der Waals surface area contributed by atoms with Gasteiger partial charge in [-0.15, -0.1) is 11.3 Å². The maximum atomic E-state index is 13.9. The fourth-order valence-corrected chi connectivity index (χ4v) is 5.35. The van der Waals surface area contributed by atoms with Crippen LogP contribution in [-0.4, -0.2) is 21.2 Å². The molecule has 1 aliphatic rings. The standard InChI is InChI=1S/C19H18FN3O2S2/c1-10-6-7-13(12(20)8-10)21-15(24)9-26-19-22-17-16(18(25)23(19)2)11-4-3-5-14(11)27-17/h6-8H,3-5,9H2,1-2H3,(H,21,24). The molecule has 3 aromatic rings. The summed E-state index contributed by atoms with van der Waals surface area (Å²) in [5, 5.41) is 3.78. The highest BCUT2D eigenvalue weighted by Gasteiger charge is 2.22. The van der Waals surface area contributed by atoms with Gasteiger partial charge >= 0.3 is 0 Å². The van der Waals surface area contributed by atoms with E-state index in [9.17, 15) is 14.0 Å². The number of thiophene rings is 1. The number of hydrogen-bond acceptors (Lipinski definition) is 5. The maximum Gasteiger partial charge on any atom is 0.262 e. The van der Waals surface area contributed by atoms with Crippen LogP contribution in [0, 0.1) is 12.7 Å². The Bertz CT molecular complexity index is 1120. The largest absolute Gasteiger partial charge is 0.323 e. The molecule has 1 aliphatic carbocycles. The first-order valence-electron chi connectivity index (χ1n) is 8.64. The fourth-order valence-electron chi connectivity index (χ4n) is 3.27. The molecule has 1 amide bonds. The van der Waals surface area contributed by atoms with Crippen molar-refractivity contribution >= 4 is 44.9 Å². The molecule has 0 bridgehead atoms. The highest BCUT2D eigenvalue weighted by Crippen LogP contribution is 2.35. The number of benzene rings is 1. The molecule has 140 valence electrons. The number of anilines is 1. The van der Waals surface area contributed by atoms with Crippen LogP contribution >= 0.6 is 23.1 Å². The van der Waals surface area contributed by atoms with Crippen molar-refractivity contribution in [2.45, 2.75) is 31.3 Å². The monoisotopic (exact) mass is 403 g/mol. The first-order valence-corrected chi connectivity index (χ1v) is 10.4. The van der Waals surface area contributed by atoms with Gasteiger partial charge in [0.15, 0.2) is 5.16 Å². The Balaban J connectivity index is 1.53. The Morgan fingerprint density at radius 1 is 1.41 bits per heavy atom. The maximum absolute atomic E-state index is 13.9. The van der Waals surface area contributed by atoms with Crippen LogP contribution in [0.2, 0.25) is 0 Å². The number of carbonyl (C=O) groups excluding carboxylic acids is 1. The summed E-state index contributed by atoms with van der Waals surface area (Å²) in [4.78, 5) is 31.5. The van der Waals surface area contributed by atoms with Gasteiger partial charge in [0.05, 0.1) is 16.8 Å². The minimum atomic E-state index is -0.464. The van der Waals surface area contributed by atoms with E-state index >= 15 is 0 Å². The normalized spacial score (nSPS) is 13.1. The van der Waals surface area contributed by atoms with E-state index in [1.165, 1.54) is 27.3 Å². The molecule has 1 N–H and O–H groups in total. The smallest absolute Gasteiger partial charge is 0.262 e. The summed E-state index contributed by atoms with van der Waals surface area (Å²) >= 11 is 2.75. The zero-order valence-electron chi connectivity index (χ0n) is 15.0. The van der Waals surface area contributed by atoms with Crippen molar-refractivity contribution in [2.75, 3.05) is 11.1 Å². The number of amides is 1. The average Bonchev–Trinajstić information content (AvgIpc) is 3.20. The molecular formula is C19H18FN3O2S2. The van der Waals surface area contributed by atoms with Gasteiger partial charge in [0.1, 0.15) is 10.6 Å². The van der Waals surface area contributed by atoms with Crippen molar-refractivity contribution in [2.24, 2.45) is 7.05 Å². The second-order valence-corrected chi connectivity index (χ2v) is 8.64. The highest BCUT2D eigenvalue weighted by molar-refractivity contribution is 7.99. The molecule has 2 heterocycles. The van der Waals surface area contributed by atoms with Crippen molar-refractivity contribution in [3.8, 4) is 0 Å². The van der Waals surface area contributed by atoms with Gasteiger partial charge in [-0.3, -0.25) is 14.2 Å². The molecule has 0 unspecified atom stereocenters. The lowest BCUT2D eigenvalue weighted by Crippen LogP contribution is -2.21. The van der Waals surface area contributed by atoms with Gasteiger partial charge in [-0.1, -0.05) is 17.8 Å². The number of carbonyl (C=O) groups is 1. The number of rotatable bonds is 4. The molecule has 0 spiro atoms. The first-order chi connectivity index (χ1) is 12.9. The summed E-state index contributed by atoms with van der Waals surface area (Å²) in [7, 11) is 1.67. The van der Waals surface area contributed by atoms with Crippen LogP contribution in [0.25, 0.3) is 10.2 Å². The van der Waals surface area contributed by atoms with E-state index in [0.717, 1.165) is 40.6 Å². The van der Waals surface area contributed by atoms with Crippen LogP contribution < -0.4 is 10.9 Å². The number of fused-ring (bicyclic) bond motifs is 3. The molecule has 4 rings (SSSR count). The molecule has 2 aromatic heterocycles. The summed E-state index contributed by atoms with van der Waals surface area (Å²) in [6, 6.07) is 4.65. The van der Waals surface area contributed by atoms with E-state index in [0.29, 0.717) is 5.16 Å². The average molecular weight is 404 g/mol. The number of aryl methyl sites for hydroxylation is 3. The van der Waals surface area contributed by atoms with Crippen LogP contribution in [0.4, 0.5) is 10.1 Å². The van der Waals surface area contributed by atoms with E-state index in [2.05, 4.69) is 10.3 Å². The third kappa shape index (κ3) is 3.39. The minimum Gasteiger partial charge on any atom is -0.323 e. The van der Waals surface area contributed by atoms with Crippen molar-refractivity contribution < 1.29 is 9.18 Å². The lowest BCUT2D eigenvalue weighted by Gasteiger charge is -2.09. The lowest BCUT2D eigenvalue weighted by molar-refractivity contribution is -0.113. The van der Waals surface area contributed by atoms with Crippen molar-refractivity contribution in [1.82, 2.24) is 9.55 Å². The van der Waals surface area contributed by atoms with E-state index < -0.39 is 5.82 Å². The number of thioether (sulfide) groups is 1. The number of halogens is 1. The van der Waals surface area contributed by atoms with Gasteiger partial charge in [0, 0.05) is 11.9 Å². The van der Waals surface area contributed by atoms with Crippen LogP contribution in [-0.2, 0) is 24.7 Å². The van der Waals surface area contributed by atoms with Gasteiger partial charge in [0.25, 0.3) is 5.56 Å². The van der Waals surface area contributed by atoms with Gasteiger partial charge in [-0.2, -0.15) is 0 Å². The molecule has 0 fully saturated rings. The quantitative estimate of drug-likeness (QED) is 0.533. The zero-order chi connectivity index (χ0) is 19.1. The summed E-state index contributed by atoms with van der Waals surface area (Å²) in [5.74, 6) is -0.760. The molecule has 0 saturated heterocycles. The van der Waals surface area contributed by atoms with Crippen molar-refractivity contribution in [1.29, 1.82) is 0 Å². The predicted octanol–water partition coefficient (Wildman–Crippen LogP) is 3.66. The molecule has 0 radical (unpaired) electrons. The summed E-state index contributed by atoms with van der Waals surface area (Å²) in [6.45, 7) is 1.79. The molecule has 5 nitrogen and oxygen atoms in total. The molecule has 0 saturated carbocycles. The third-order valence-electron chi connectivity index (χ3n) is 4.64. The summed E-state index contributed by atoms with van der Waals surface area (Å²) in [6.07, 6.45) is 3.03. The second-order valence-electron chi connectivity index (χ2n) is 6.62. The van der Waals surface area contributed by atoms with Crippen molar-refractivity contribution in [3.63, 3.8) is 0 Å². The number of nitrogens with zero attached hydrogens (tertiary/aromatic N) is 2. The van der Waals surface area contributed by atoms with Crippen molar-refractivity contribution in [3.05, 3.63) is 50.4 Å². The zero-order valence-corrected chi connectivity index (χ0v) is 16.6. The summed E-state index contributed by atoms with van der Waals surface area (Å²) in [5.41, 5.74) is 2.02. The molecule has 0 atom stereocenters. The van der Waals surface area contributed by atoms with Gasteiger partial charge in [-0.05, 0) is 49.4 Å². The number of nitrogens with one attached hydrogen (secondary N) is 1. The van der Waals surface area contributed by atoms with E-state index in [-0.39, 0.29) is 22.9 Å². The van der Waals surface area contributed by atoms with E-state index in [1.807, 2.05) is 0 Å². The second kappa shape index (κ2) is 7.09. The van der Waals surface area contributed by atoms with Crippen LogP contribution in [0.5, 0.6) is 0 Å². The van der Waals surface area contributed by atoms with E-state index in [1.54, 1.807) is 37.4 Å². The minimum absolute atomic E-state index is 0.0458. The van der Waals surface area contributed by atoms with Crippen LogP contribution in [0.15, 0.2) is 28.2 Å². The first kappa shape index (κ1) is 18.2. The Morgan fingerprint density at radius 2 is 2.22 bits per heavy atom. The SMILES string of the molecule is Cc1ccc(NC(=O)CSc2nc3sc4c(c3c(=O)n2C)CCC4)c(F)c1. The Kier molecular flexibility index (Phi) is 4.77. The number of hydrogen-bond donors (Lipinski definition) is 1. The Morgan fingerprint density at radius 3 is 3.00 bits per heavy atom. The topological polar surface area (TPSA) is 64.0 Å². The molecule has 8 heteroatoms. The Labute approximate surface area is 163 Å². The van der Waals surface area contributed by atoms with E-state index in [4.69, 9.17) is 0 Å². The van der Waals surface area contributed by atoms with Crippen LogP contribution in [0.3, 0.4) is 0 Å². The third-order valence-corrected chi connectivity index (χ3v) is 6.85. The molecule has 27 heavy (non-hydrogen) atoms. The fraction of sp³-hybridized carbons (Fsp3) is 0.316. The lowest BCUT2D eigenvalue weighted by atomic mass is 10.2. The van der Waals surface area contributed by atoms with Gasteiger partial charge in [0.2, 0.25) is 5.91 Å². The molecular weight excluding hydrogens is 385 g/mol. The summed E-state index contributed by atoms with van der Waals surface area (Å²) < 4.78 is 15.4. The number of aromatic nitrogens is 2. The van der Waals surface area contributed by atoms with Gasteiger partial charge in [-0.25, -0.2) is 9.37 Å².